The molecule has 0 amide bonds. The monoisotopic (exact) mass is 247 g/mol. The first-order chi connectivity index (χ1) is 8.58. The zero-order chi connectivity index (χ0) is 13.1. The van der Waals surface area contributed by atoms with Crippen molar-refractivity contribution < 1.29 is 5.11 Å². The summed E-state index contributed by atoms with van der Waals surface area (Å²) in [5.74, 6) is 2.06. The van der Waals surface area contributed by atoms with Gasteiger partial charge in [0, 0.05) is 11.6 Å². The molecule has 2 rings (SSSR count). The minimum atomic E-state index is 0.221. The summed E-state index contributed by atoms with van der Waals surface area (Å²) in [6, 6.07) is 6.15. The summed E-state index contributed by atoms with van der Waals surface area (Å²) in [6.07, 6.45) is 4.09. The molecule has 0 radical (unpaired) electrons. The Morgan fingerprint density at radius 3 is 2.78 bits per heavy atom. The molecule has 0 spiro atoms. The molecule has 1 aromatic carbocycles. The molecule has 2 heteroatoms. The van der Waals surface area contributed by atoms with Crippen LogP contribution in [0, 0.1) is 18.8 Å². The maximum Gasteiger partial charge on any atom is 0.120 e. The number of hydrogen-bond acceptors (Lipinski definition) is 2. The highest BCUT2D eigenvalue weighted by Crippen LogP contribution is 2.31. The Kier molecular flexibility index (Phi) is 4.28. The van der Waals surface area contributed by atoms with E-state index in [0.717, 1.165) is 29.5 Å². The van der Waals surface area contributed by atoms with Gasteiger partial charge in [0.25, 0.3) is 0 Å². The minimum absolute atomic E-state index is 0.221. The van der Waals surface area contributed by atoms with Crippen LogP contribution >= 0.6 is 0 Å². The van der Waals surface area contributed by atoms with E-state index in [1.54, 1.807) is 0 Å². The van der Waals surface area contributed by atoms with Crippen LogP contribution in [0.2, 0.25) is 0 Å². The first-order valence-electron chi connectivity index (χ1n) is 7.11. The molecule has 2 N–H and O–H groups in total. The van der Waals surface area contributed by atoms with Crippen LogP contribution in [0.25, 0.3) is 0 Å². The van der Waals surface area contributed by atoms with Crippen molar-refractivity contribution in [2.45, 2.75) is 46.1 Å². The third-order valence-corrected chi connectivity index (χ3v) is 4.38. The molecular weight excluding hydrogens is 222 g/mol. The number of nitrogens with one attached hydrogen (secondary N) is 1. The Morgan fingerprint density at radius 1 is 1.39 bits per heavy atom. The third-order valence-electron chi connectivity index (χ3n) is 4.38. The van der Waals surface area contributed by atoms with Crippen LogP contribution in [0.5, 0.6) is 5.75 Å². The first kappa shape index (κ1) is 13.4. The summed E-state index contributed by atoms with van der Waals surface area (Å²) in [5, 5.41) is 13.5. The van der Waals surface area contributed by atoms with Crippen molar-refractivity contribution in [3.05, 3.63) is 29.3 Å². The number of phenolic OH excluding ortho intramolecular Hbond substituents is 1. The lowest BCUT2D eigenvalue weighted by Gasteiger charge is -2.21. The molecule has 1 aliphatic rings. The van der Waals surface area contributed by atoms with Crippen LogP contribution in [0.1, 0.15) is 50.3 Å². The normalized spacial score (nSPS) is 25.3. The number of hydrogen-bond donors (Lipinski definition) is 2. The summed E-state index contributed by atoms with van der Waals surface area (Å²) >= 11 is 0. The highest BCUT2D eigenvalue weighted by molar-refractivity contribution is 5.37. The summed E-state index contributed by atoms with van der Waals surface area (Å²) in [7, 11) is 0. The quantitative estimate of drug-likeness (QED) is 0.848. The molecule has 1 aromatic rings. The third kappa shape index (κ3) is 3.05. The highest BCUT2D eigenvalue weighted by atomic mass is 16.3. The fourth-order valence-corrected chi connectivity index (χ4v) is 2.98. The Morgan fingerprint density at radius 2 is 2.17 bits per heavy atom. The zero-order valence-electron chi connectivity index (χ0n) is 11.7. The number of phenols is 1. The lowest BCUT2D eigenvalue weighted by atomic mass is 9.97. The van der Waals surface area contributed by atoms with Gasteiger partial charge in [-0.2, -0.15) is 0 Å². The molecular formula is C16H25NO. The second kappa shape index (κ2) is 5.75. The van der Waals surface area contributed by atoms with E-state index in [0.29, 0.717) is 5.75 Å². The molecule has 0 aromatic heterocycles. The average molecular weight is 247 g/mol. The van der Waals surface area contributed by atoms with E-state index < -0.39 is 0 Å². The molecule has 1 saturated carbocycles. The van der Waals surface area contributed by atoms with Gasteiger partial charge in [-0.15, -0.1) is 0 Å². The molecule has 100 valence electrons. The largest absolute Gasteiger partial charge is 0.508 e. The Bertz CT molecular complexity index is 402. The Balaban J connectivity index is 1.93. The maximum absolute atomic E-state index is 9.97. The number of aryl methyl sites for hydroxylation is 1. The van der Waals surface area contributed by atoms with Gasteiger partial charge in [-0.3, -0.25) is 0 Å². The van der Waals surface area contributed by atoms with Crippen molar-refractivity contribution in [3.63, 3.8) is 0 Å². The molecule has 3 atom stereocenters. The SMILES string of the molecule is Cc1ccc(C(C)NCC2CCCC2C)c(O)c1. The van der Waals surface area contributed by atoms with E-state index in [2.05, 4.69) is 25.2 Å². The molecule has 0 saturated heterocycles. The van der Waals surface area contributed by atoms with Gasteiger partial charge in [0.2, 0.25) is 0 Å². The Labute approximate surface area is 110 Å². The van der Waals surface area contributed by atoms with Crippen molar-refractivity contribution in [3.8, 4) is 5.75 Å². The van der Waals surface area contributed by atoms with Crippen LogP contribution in [0.15, 0.2) is 18.2 Å². The standard InChI is InChI=1S/C16H25NO/c1-11-7-8-15(16(18)9-11)13(3)17-10-14-6-4-5-12(14)2/h7-9,12-14,17-18H,4-6,10H2,1-3H3. The molecule has 1 fully saturated rings. The zero-order valence-corrected chi connectivity index (χ0v) is 11.7. The van der Waals surface area contributed by atoms with Crippen LogP contribution in [0.4, 0.5) is 0 Å². The predicted molar refractivity (Wildman–Crippen MR) is 75.8 cm³/mol. The Hall–Kier alpha value is -1.02. The van der Waals surface area contributed by atoms with Crippen LogP contribution < -0.4 is 5.32 Å². The lowest BCUT2D eigenvalue weighted by molar-refractivity contribution is 0.370. The van der Waals surface area contributed by atoms with Gasteiger partial charge >= 0.3 is 0 Å². The van der Waals surface area contributed by atoms with E-state index >= 15 is 0 Å². The smallest absolute Gasteiger partial charge is 0.120 e. The highest BCUT2D eigenvalue weighted by Gasteiger charge is 2.23. The number of aromatic hydroxyl groups is 1. The molecule has 1 aliphatic carbocycles. The van der Waals surface area contributed by atoms with E-state index in [-0.39, 0.29) is 6.04 Å². The second-order valence-electron chi connectivity index (χ2n) is 5.86. The van der Waals surface area contributed by atoms with Gasteiger partial charge < -0.3 is 10.4 Å². The van der Waals surface area contributed by atoms with Crippen molar-refractivity contribution in [2.24, 2.45) is 11.8 Å². The van der Waals surface area contributed by atoms with Gasteiger partial charge in [0.15, 0.2) is 0 Å². The fourth-order valence-electron chi connectivity index (χ4n) is 2.98. The van der Waals surface area contributed by atoms with E-state index in [9.17, 15) is 5.11 Å². The van der Waals surface area contributed by atoms with E-state index in [1.807, 2.05) is 19.1 Å². The summed E-state index contributed by atoms with van der Waals surface area (Å²) in [5.41, 5.74) is 2.11. The molecule has 0 aliphatic heterocycles. The molecule has 2 nitrogen and oxygen atoms in total. The second-order valence-corrected chi connectivity index (χ2v) is 5.86. The number of rotatable bonds is 4. The molecule has 3 unspecified atom stereocenters. The maximum atomic E-state index is 9.97. The predicted octanol–water partition coefficient (Wildman–Crippen LogP) is 3.79. The number of benzene rings is 1. The lowest BCUT2D eigenvalue weighted by Crippen LogP contribution is -2.27. The van der Waals surface area contributed by atoms with Gasteiger partial charge in [-0.1, -0.05) is 31.9 Å². The summed E-state index contributed by atoms with van der Waals surface area (Å²) in [6.45, 7) is 7.55. The van der Waals surface area contributed by atoms with Crippen molar-refractivity contribution in [1.29, 1.82) is 0 Å². The van der Waals surface area contributed by atoms with Crippen molar-refractivity contribution >= 4 is 0 Å². The van der Waals surface area contributed by atoms with Crippen molar-refractivity contribution in [1.82, 2.24) is 5.32 Å². The first-order valence-corrected chi connectivity index (χ1v) is 7.11. The molecule has 18 heavy (non-hydrogen) atoms. The van der Waals surface area contributed by atoms with E-state index in [4.69, 9.17) is 0 Å². The van der Waals surface area contributed by atoms with Crippen LogP contribution in [-0.2, 0) is 0 Å². The van der Waals surface area contributed by atoms with Crippen LogP contribution in [-0.4, -0.2) is 11.7 Å². The topological polar surface area (TPSA) is 32.3 Å². The average Bonchev–Trinajstić information content (AvgIpc) is 2.72. The van der Waals surface area contributed by atoms with Crippen LogP contribution in [0.3, 0.4) is 0 Å². The summed E-state index contributed by atoms with van der Waals surface area (Å²) < 4.78 is 0. The van der Waals surface area contributed by atoms with Gasteiger partial charge in [-0.05, 0) is 50.3 Å². The van der Waals surface area contributed by atoms with Gasteiger partial charge in [0.05, 0.1) is 0 Å². The summed E-state index contributed by atoms with van der Waals surface area (Å²) in [4.78, 5) is 0. The van der Waals surface area contributed by atoms with E-state index in [1.165, 1.54) is 19.3 Å². The minimum Gasteiger partial charge on any atom is -0.508 e. The molecule has 0 heterocycles. The molecule has 0 bridgehead atoms. The fraction of sp³-hybridized carbons (Fsp3) is 0.625. The van der Waals surface area contributed by atoms with Crippen molar-refractivity contribution in [2.75, 3.05) is 6.54 Å². The van der Waals surface area contributed by atoms with Gasteiger partial charge in [-0.25, -0.2) is 0 Å². The van der Waals surface area contributed by atoms with Gasteiger partial charge in [0.1, 0.15) is 5.75 Å².